The summed E-state index contributed by atoms with van der Waals surface area (Å²) in [6.07, 6.45) is 0.955. The average molecular weight is 390 g/mol. The summed E-state index contributed by atoms with van der Waals surface area (Å²) in [5.74, 6) is -0.881. The predicted octanol–water partition coefficient (Wildman–Crippen LogP) is 1.92. The molecule has 0 saturated carbocycles. The summed E-state index contributed by atoms with van der Waals surface area (Å²) in [5, 5.41) is 5.85. The lowest BCUT2D eigenvalue weighted by Crippen LogP contribution is -2.50. The van der Waals surface area contributed by atoms with Gasteiger partial charge >= 0.3 is 0 Å². The largest absolute Gasteiger partial charge is 0.343 e. The summed E-state index contributed by atoms with van der Waals surface area (Å²) in [7, 11) is 0. The minimum absolute atomic E-state index is 0.0534. The summed E-state index contributed by atoms with van der Waals surface area (Å²) in [6, 6.07) is 5.25. The topological polar surface area (TPSA) is 65.5 Å². The summed E-state index contributed by atoms with van der Waals surface area (Å²) in [6.45, 7) is 5.70. The van der Waals surface area contributed by atoms with Gasteiger partial charge in [-0.1, -0.05) is 6.92 Å². The van der Waals surface area contributed by atoms with Gasteiger partial charge in [0.1, 0.15) is 5.82 Å². The second kappa shape index (κ2) is 9.05. The van der Waals surface area contributed by atoms with E-state index < -0.39 is 5.82 Å². The second-order valence-corrected chi connectivity index (χ2v) is 7.38. The monoisotopic (exact) mass is 390 g/mol. The zero-order valence-electron chi connectivity index (χ0n) is 15.3. The standard InChI is InChI=1S/C19H23FN4O2S/c1-2-17-22-16(13-27-17)12-23-7-9-24(10-8-23)18(25)11-21-19(26)14-3-5-15(20)6-4-14/h3-6,13H,2,7-12H2,1H3,(H,21,26). The molecule has 0 spiro atoms. The van der Waals surface area contributed by atoms with E-state index in [9.17, 15) is 14.0 Å². The van der Waals surface area contributed by atoms with Gasteiger partial charge in [-0.15, -0.1) is 11.3 Å². The Balaban J connectivity index is 1.41. The summed E-state index contributed by atoms with van der Waals surface area (Å²) in [5.41, 5.74) is 1.42. The molecule has 1 aromatic heterocycles. The number of rotatable bonds is 6. The zero-order valence-corrected chi connectivity index (χ0v) is 16.1. The minimum atomic E-state index is -0.399. The number of nitrogens with zero attached hydrogens (tertiary/aromatic N) is 3. The number of carbonyl (C=O) groups excluding carboxylic acids is 2. The number of aromatic nitrogens is 1. The van der Waals surface area contributed by atoms with Crippen LogP contribution in [-0.4, -0.2) is 59.3 Å². The van der Waals surface area contributed by atoms with Crippen LogP contribution in [0.3, 0.4) is 0 Å². The van der Waals surface area contributed by atoms with Crippen LogP contribution in [0.5, 0.6) is 0 Å². The van der Waals surface area contributed by atoms with E-state index in [0.29, 0.717) is 18.7 Å². The number of halogens is 1. The number of hydrogen-bond acceptors (Lipinski definition) is 5. The van der Waals surface area contributed by atoms with Gasteiger partial charge in [-0.3, -0.25) is 14.5 Å². The highest BCUT2D eigenvalue weighted by Crippen LogP contribution is 2.13. The third-order valence-electron chi connectivity index (χ3n) is 4.52. The van der Waals surface area contributed by atoms with Gasteiger partial charge in [0.25, 0.3) is 5.91 Å². The lowest BCUT2D eigenvalue weighted by Gasteiger charge is -2.34. The number of benzene rings is 1. The molecule has 0 unspecified atom stereocenters. The van der Waals surface area contributed by atoms with E-state index in [1.807, 2.05) is 0 Å². The average Bonchev–Trinajstić information content (AvgIpc) is 3.14. The van der Waals surface area contributed by atoms with E-state index >= 15 is 0 Å². The van der Waals surface area contributed by atoms with Crippen LogP contribution in [0, 0.1) is 5.82 Å². The maximum Gasteiger partial charge on any atom is 0.251 e. The van der Waals surface area contributed by atoms with Crippen LogP contribution >= 0.6 is 11.3 Å². The number of hydrogen-bond donors (Lipinski definition) is 1. The van der Waals surface area contributed by atoms with Gasteiger partial charge in [-0.2, -0.15) is 0 Å². The van der Waals surface area contributed by atoms with Gasteiger partial charge in [0.05, 0.1) is 17.2 Å². The Labute approximate surface area is 162 Å². The third-order valence-corrected chi connectivity index (χ3v) is 5.56. The van der Waals surface area contributed by atoms with Gasteiger partial charge in [0.2, 0.25) is 5.91 Å². The molecule has 6 nitrogen and oxygen atoms in total. The van der Waals surface area contributed by atoms with Crippen LogP contribution in [0.25, 0.3) is 0 Å². The van der Waals surface area contributed by atoms with Crippen LogP contribution in [0.1, 0.15) is 28.0 Å². The van der Waals surface area contributed by atoms with Crippen molar-refractivity contribution >= 4 is 23.2 Å². The molecule has 27 heavy (non-hydrogen) atoms. The van der Waals surface area contributed by atoms with Gasteiger partial charge in [-0.05, 0) is 30.7 Å². The molecule has 1 aliphatic rings. The summed E-state index contributed by atoms with van der Waals surface area (Å²) in [4.78, 5) is 33.0. The molecule has 3 rings (SSSR count). The SMILES string of the molecule is CCc1nc(CN2CCN(C(=O)CNC(=O)c3ccc(F)cc3)CC2)cs1. The number of nitrogens with one attached hydrogen (secondary N) is 1. The molecular formula is C19H23FN4O2S. The van der Waals surface area contributed by atoms with Crippen molar-refractivity contribution in [2.75, 3.05) is 32.7 Å². The lowest BCUT2D eigenvalue weighted by atomic mass is 10.2. The first kappa shape index (κ1) is 19.4. The van der Waals surface area contributed by atoms with Gasteiger partial charge in [0.15, 0.2) is 0 Å². The van der Waals surface area contributed by atoms with Crippen molar-refractivity contribution in [1.82, 2.24) is 20.1 Å². The van der Waals surface area contributed by atoms with Crippen LogP contribution in [-0.2, 0) is 17.8 Å². The molecule has 2 heterocycles. The fourth-order valence-corrected chi connectivity index (χ4v) is 3.68. The molecule has 1 aromatic carbocycles. The first-order valence-electron chi connectivity index (χ1n) is 9.02. The van der Waals surface area contributed by atoms with Crippen molar-refractivity contribution in [3.05, 3.63) is 51.7 Å². The Morgan fingerprint density at radius 1 is 1.19 bits per heavy atom. The van der Waals surface area contributed by atoms with Crippen LogP contribution < -0.4 is 5.32 Å². The van der Waals surface area contributed by atoms with E-state index in [0.717, 1.165) is 36.8 Å². The number of amides is 2. The fourth-order valence-electron chi connectivity index (χ4n) is 2.94. The van der Waals surface area contributed by atoms with E-state index in [2.05, 4.69) is 27.5 Å². The minimum Gasteiger partial charge on any atom is -0.343 e. The van der Waals surface area contributed by atoms with Crippen molar-refractivity contribution in [2.45, 2.75) is 19.9 Å². The number of carbonyl (C=O) groups is 2. The third kappa shape index (κ3) is 5.33. The molecule has 1 fully saturated rings. The van der Waals surface area contributed by atoms with Crippen molar-refractivity contribution in [3.8, 4) is 0 Å². The van der Waals surface area contributed by atoms with E-state index in [1.54, 1.807) is 16.2 Å². The molecule has 0 radical (unpaired) electrons. The van der Waals surface area contributed by atoms with Crippen LogP contribution in [0.2, 0.25) is 0 Å². The van der Waals surface area contributed by atoms with Crippen molar-refractivity contribution < 1.29 is 14.0 Å². The predicted molar refractivity (Wildman–Crippen MR) is 102 cm³/mol. The van der Waals surface area contributed by atoms with E-state index in [4.69, 9.17) is 0 Å². The quantitative estimate of drug-likeness (QED) is 0.819. The maximum absolute atomic E-state index is 12.9. The second-order valence-electron chi connectivity index (χ2n) is 6.43. The number of aryl methyl sites for hydroxylation is 1. The highest BCUT2D eigenvalue weighted by atomic mass is 32.1. The Bertz CT molecular complexity index is 785. The molecule has 2 aromatic rings. The summed E-state index contributed by atoms with van der Waals surface area (Å²) < 4.78 is 12.9. The molecule has 1 aliphatic heterocycles. The Hall–Kier alpha value is -2.32. The van der Waals surface area contributed by atoms with E-state index in [-0.39, 0.29) is 18.4 Å². The Kier molecular flexibility index (Phi) is 6.52. The molecule has 1 saturated heterocycles. The zero-order chi connectivity index (χ0) is 19.2. The maximum atomic E-state index is 12.9. The smallest absolute Gasteiger partial charge is 0.251 e. The molecule has 144 valence electrons. The molecule has 8 heteroatoms. The number of thiazole rings is 1. The molecule has 0 bridgehead atoms. The first-order valence-corrected chi connectivity index (χ1v) is 9.90. The highest BCUT2D eigenvalue weighted by Gasteiger charge is 2.22. The molecule has 2 amide bonds. The normalized spacial score (nSPS) is 15.0. The lowest BCUT2D eigenvalue weighted by molar-refractivity contribution is -0.131. The first-order chi connectivity index (χ1) is 13.0. The van der Waals surface area contributed by atoms with Crippen molar-refractivity contribution in [2.24, 2.45) is 0 Å². The van der Waals surface area contributed by atoms with Gasteiger partial charge in [0, 0.05) is 43.7 Å². The van der Waals surface area contributed by atoms with Crippen LogP contribution in [0.4, 0.5) is 4.39 Å². The Morgan fingerprint density at radius 3 is 2.52 bits per heavy atom. The Morgan fingerprint density at radius 2 is 1.89 bits per heavy atom. The van der Waals surface area contributed by atoms with E-state index in [1.165, 1.54) is 24.3 Å². The number of piperazine rings is 1. The van der Waals surface area contributed by atoms with Gasteiger partial charge < -0.3 is 10.2 Å². The van der Waals surface area contributed by atoms with Crippen molar-refractivity contribution in [3.63, 3.8) is 0 Å². The molecular weight excluding hydrogens is 367 g/mol. The van der Waals surface area contributed by atoms with Gasteiger partial charge in [-0.25, -0.2) is 9.37 Å². The summed E-state index contributed by atoms with van der Waals surface area (Å²) >= 11 is 1.69. The fraction of sp³-hybridized carbons (Fsp3) is 0.421. The molecule has 0 aliphatic carbocycles. The molecule has 0 atom stereocenters. The van der Waals surface area contributed by atoms with Crippen LogP contribution in [0.15, 0.2) is 29.6 Å². The molecule has 1 N–H and O–H groups in total. The van der Waals surface area contributed by atoms with Crippen molar-refractivity contribution in [1.29, 1.82) is 0 Å². The highest BCUT2D eigenvalue weighted by molar-refractivity contribution is 7.09.